The minimum absolute atomic E-state index is 0.00103. The van der Waals surface area contributed by atoms with Gasteiger partial charge in [-0.3, -0.25) is 0 Å². The molecule has 0 aromatic carbocycles. The number of ether oxygens (including phenoxy) is 3. The molecule has 0 amide bonds. The van der Waals surface area contributed by atoms with E-state index in [9.17, 15) is 4.79 Å². The molecule has 2 bridgehead atoms. The van der Waals surface area contributed by atoms with E-state index < -0.39 is 28.7 Å². The molecule has 280 valence electrons. The Morgan fingerprint density at radius 1 is 1.02 bits per heavy atom. The fourth-order valence-corrected chi connectivity index (χ4v) is 8.36. The fraction of sp³-hybridized carbons (Fsp3) is 0.690. The third-order valence-electron chi connectivity index (χ3n) is 11.0. The highest BCUT2D eigenvalue weighted by molar-refractivity contribution is 6.74. The molecule has 6 atom stereocenters. The van der Waals surface area contributed by atoms with Crippen LogP contribution < -0.4 is 0 Å². The van der Waals surface area contributed by atoms with Crippen molar-refractivity contribution in [1.29, 1.82) is 0 Å². The second kappa shape index (κ2) is 18.7. The summed E-state index contributed by atoms with van der Waals surface area (Å²) in [6.45, 7) is 29.9. The van der Waals surface area contributed by atoms with Crippen LogP contribution in [0.4, 0.5) is 0 Å². The number of hydrogen-bond acceptors (Lipinski definition) is 6. The van der Waals surface area contributed by atoms with E-state index in [1.165, 1.54) is 11.1 Å². The van der Waals surface area contributed by atoms with Crippen molar-refractivity contribution in [3.05, 3.63) is 60.3 Å². The van der Waals surface area contributed by atoms with E-state index in [1.54, 1.807) is 0 Å². The number of cyclic esters (lactones) is 1. The highest BCUT2D eigenvalue weighted by Crippen LogP contribution is 2.39. The lowest BCUT2D eigenvalue weighted by molar-refractivity contribution is -0.142. The van der Waals surface area contributed by atoms with E-state index in [-0.39, 0.29) is 40.6 Å². The number of fused-ring (bicyclic) bond motifs is 2. The number of carbonyl (C=O) groups excluding carboxylic acids is 1. The Morgan fingerprint density at radius 2 is 1.72 bits per heavy atom. The zero-order valence-corrected chi connectivity index (χ0v) is 35.2. The van der Waals surface area contributed by atoms with Crippen LogP contribution in [0.2, 0.25) is 36.3 Å². The van der Waals surface area contributed by atoms with Gasteiger partial charge in [0.25, 0.3) is 0 Å². The molecule has 3 aliphatic rings. The fourth-order valence-electron chi connectivity index (χ4n) is 5.81. The largest absolute Gasteiger partial charge is 0.452 e. The van der Waals surface area contributed by atoms with Gasteiger partial charge in [-0.05, 0) is 81.7 Å². The zero-order chi connectivity index (χ0) is 37.2. The molecule has 3 rings (SSSR count). The van der Waals surface area contributed by atoms with Crippen molar-refractivity contribution in [3.8, 4) is 11.8 Å². The van der Waals surface area contributed by atoms with Crippen molar-refractivity contribution in [1.82, 2.24) is 0 Å². The Hall–Kier alpha value is -2.00. The van der Waals surface area contributed by atoms with Gasteiger partial charge in [-0.1, -0.05) is 108 Å². The first-order valence-corrected chi connectivity index (χ1v) is 24.7. The summed E-state index contributed by atoms with van der Waals surface area (Å²) in [4.78, 5) is 13.2. The second-order valence-electron chi connectivity index (χ2n) is 17.6. The lowest BCUT2D eigenvalue weighted by Gasteiger charge is -2.39. The van der Waals surface area contributed by atoms with Gasteiger partial charge in [-0.15, -0.1) is 0 Å². The van der Waals surface area contributed by atoms with Crippen molar-refractivity contribution >= 4 is 22.6 Å². The minimum Gasteiger partial charge on any atom is -0.452 e. The Labute approximate surface area is 307 Å². The van der Waals surface area contributed by atoms with E-state index in [1.807, 2.05) is 0 Å². The summed E-state index contributed by atoms with van der Waals surface area (Å²) in [7, 11) is -4.24. The topological polar surface area (TPSA) is 63.2 Å². The first kappa shape index (κ1) is 42.4. The van der Waals surface area contributed by atoms with Crippen LogP contribution in [0.3, 0.4) is 0 Å². The van der Waals surface area contributed by atoms with Gasteiger partial charge in [-0.25, -0.2) is 4.79 Å². The van der Waals surface area contributed by atoms with Gasteiger partial charge in [0.05, 0.1) is 37.1 Å². The van der Waals surface area contributed by atoms with Crippen molar-refractivity contribution in [2.45, 2.75) is 179 Å². The van der Waals surface area contributed by atoms with Gasteiger partial charge in [0, 0.05) is 25.2 Å². The second-order valence-corrected chi connectivity index (χ2v) is 27.1. The smallest absolute Gasteiger partial charge is 0.384 e. The predicted octanol–water partition coefficient (Wildman–Crippen LogP) is 10.5. The van der Waals surface area contributed by atoms with Gasteiger partial charge in [0.1, 0.15) is 6.10 Å². The predicted molar refractivity (Wildman–Crippen MR) is 212 cm³/mol. The number of esters is 1. The maximum absolute atomic E-state index is 13.2. The maximum Gasteiger partial charge on any atom is 0.384 e. The lowest BCUT2D eigenvalue weighted by Crippen LogP contribution is -2.44. The van der Waals surface area contributed by atoms with Gasteiger partial charge in [0.2, 0.25) is 0 Å². The molecule has 0 aliphatic carbocycles. The van der Waals surface area contributed by atoms with Crippen LogP contribution in [0, 0.1) is 11.8 Å². The Bertz CT molecular complexity index is 1320. The van der Waals surface area contributed by atoms with E-state index in [2.05, 4.69) is 136 Å². The summed E-state index contributed by atoms with van der Waals surface area (Å²) < 4.78 is 32.4. The lowest BCUT2D eigenvalue weighted by atomic mass is 9.99. The molecule has 50 heavy (non-hydrogen) atoms. The minimum atomic E-state index is -2.17. The van der Waals surface area contributed by atoms with E-state index >= 15 is 0 Å². The first-order valence-electron chi connectivity index (χ1n) is 18.9. The Balaban J connectivity index is 1.94. The number of carbonyl (C=O) groups is 1. The van der Waals surface area contributed by atoms with Crippen LogP contribution in [0.15, 0.2) is 60.3 Å². The summed E-state index contributed by atoms with van der Waals surface area (Å²) in [6.07, 6.45) is 21.2. The molecule has 0 N–H and O–H groups in total. The normalized spacial score (nSPS) is 27.5. The monoisotopic (exact) mass is 724 g/mol. The summed E-state index contributed by atoms with van der Waals surface area (Å²) in [6, 6.07) is 0. The molecular formula is C42H68O6Si2. The van der Waals surface area contributed by atoms with Crippen LogP contribution in [0.5, 0.6) is 0 Å². The maximum atomic E-state index is 13.2. The van der Waals surface area contributed by atoms with Crippen molar-refractivity contribution < 1.29 is 27.9 Å². The quantitative estimate of drug-likeness (QED) is 0.0817. The van der Waals surface area contributed by atoms with Crippen molar-refractivity contribution in [2.75, 3.05) is 6.61 Å². The summed E-state index contributed by atoms with van der Waals surface area (Å²) in [5.41, 5.74) is 2.52. The van der Waals surface area contributed by atoms with E-state index in [0.29, 0.717) is 25.9 Å². The molecule has 0 fully saturated rings. The van der Waals surface area contributed by atoms with Gasteiger partial charge in [0.15, 0.2) is 16.6 Å². The molecule has 0 aromatic rings. The van der Waals surface area contributed by atoms with Gasteiger partial charge in [-0.2, -0.15) is 0 Å². The van der Waals surface area contributed by atoms with Crippen LogP contribution in [-0.2, 0) is 27.9 Å². The molecule has 0 spiro atoms. The third kappa shape index (κ3) is 14.2. The van der Waals surface area contributed by atoms with Crippen LogP contribution in [0.25, 0.3) is 0 Å². The Kier molecular flexibility index (Phi) is 15.8. The molecule has 0 saturated carbocycles. The average Bonchev–Trinajstić information content (AvgIpc) is 2.98. The molecule has 3 aliphatic heterocycles. The highest BCUT2D eigenvalue weighted by Gasteiger charge is 2.40. The van der Waals surface area contributed by atoms with Crippen LogP contribution >= 0.6 is 0 Å². The average molecular weight is 725 g/mol. The SMILES string of the molecule is C=C1CCCC2CC=CC(CC#CC(=O)OC(CC(C=CC3CC(C)=CCO3)O[Si](C)(C)C(C)(C)C)CC=CC(O[Si](C)(C)C(C)(C)C)C1)O2. The molecule has 8 heteroatoms. The zero-order valence-electron chi connectivity index (χ0n) is 33.2. The van der Waals surface area contributed by atoms with Crippen LogP contribution in [-0.4, -0.2) is 65.8 Å². The third-order valence-corrected chi connectivity index (χ3v) is 20.0. The molecule has 6 unspecified atom stereocenters. The first-order chi connectivity index (χ1) is 23.2. The van der Waals surface area contributed by atoms with Crippen LogP contribution in [0.1, 0.15) is 106 Å². The summed E-state index contributed by atoms with van der Waals surface area (Å²) >= 11 is 0. The van der Waals surface area contributed by atoms with Crippen molar-refractivity contribution in [2.24, 2.45) is 0 Å². The number of hydrogen-bond donors (Lipinski definition) is 0. The summed E-state index contributed by atoms with van der Waals surface area (Å²) in [5, 5.41) is 0.0928. The molecule has 0 saturated heterocycles. The number of rotatable bonds is 8. The van der Waals surface area contributed by atoms with E-state index in [0.717, 1.165) is 38.5 Å². The Morgan fingerprint density at radius 3 is 2.40 bits per heavy atom. The summed E-state index contributed by atoms with van der Waals surface area (Å²) in [5.74, 6) is 5.29. The molecule has 6 nitrogen and oxygen atoms in total. The van der Waals surface area contributed by atoms with Gasteiger partial charge >= 0.3 is 5.97 Å². The molecule has 0 aromatic heterocycles. The highest BCUT2D eigenvalue weighted by atomic mass is 28.4. The van der Waals surface area contributed by atoms with E-state index in [4.69, 9.17) is 23.1 Å². The molecule has 0 radical (unpaired) electrons. The molecular weight excluding hydrogens is 657 g/mol. The molecule has 3 heterocycles. The van der Waals surface area contributed by atoms with Crippen molar-refractivity contribution in [3.63, 3.8) is 0 Å². The standard InChI is InChI=1S/C42H68O6Si2/c1-32-17-13-18-34-19-14-20-35(45-34)21-16-24-40(43)46-37(22-15-23-38(30-32)47-49(9,10)41(3,4)5)31-39(48-50(11,12)42(6,7)8)26-25-36-29-33(2)27-28-44-36/h14-15,20,23,25-27,34-39H,1,13,17-19,21-22,28-31H2,2-12H3. The van der Waals surface area contributed by atoms with Gasteiger partial charge < -0.3 is 23.1 Å².